The quantitative estimate of drug-likeness (QED) is 0.695. The molecule has 0 aromatic rings. The summed E-state index contributed by atoms with van der Waals surface area (Å²) in [4.78, 5) is 2.54. The summed E-state index contributed by atoms with van der Waals surface area (Å²) < 4.78 is 5.78. The van der Waals surface area contributed by atoms with Crippen LogP contribution in [0.15, 0.2) is 0 Å². The average molecular weight is 284 g/mol. The molecule has 4 heteroatoms. The molecule has 0 aromatic heterocycles. The third-order valence-corrected chi connectivity index (χ3v) is 4.88. The van der Waals surface area contributed by atoms with Crippen LogP contribution in [0.3, 0.4) is 0 Å². The zero-order valence-electron chi connectivity index (χ0n) is 13.2. The molecule has 118 valence electrons. The Morgan fingerprint density at radius 1 is 1.50 bits per heavy atom. The van der Waals surface area contributed by atoms with Gasteiger partial charge in [0.05, 0.1) is 12.7 Å². The molecule has 4 nitrogen and oxygen atoms in total. The molecule has 0 saturated carbocycles. The first-order chi connectivity index (χ1) is 9.65. The Hall–Kier alpha value is -0.160. The largest absolute Gasteiger partial charge is 0.393 e. The maximum Gasteiger partial charge on any atom is 0.0552 e. The van der Waals surface area contributed by atoms with Crippen molar-refractivity contribution in [2.24, 2.45) is 11.3 Å². The smallest absolute Gasteiger partial charge is 0.0552 e. The first-order valence-electron chi connectivity index (χ1n) is 8.34. The van der Waals surface area contributed by atoms with Crippen LogP contribution in [0, 0.1) is 11.3 Å². The molecule has 2 aliphatic heterocycles. The SMILES string of the molecule is CCCNCC1(CN2CCC(C(C)O)C2)CCCOC1. The van der Waals surface area contributed by atoms with Gasteiger partial charge in [-0.1, -0.05) is 6.92 Å². The molecule has 0 amide bonds. The second-order valence-electron chi connectivity index (χ2n) is 6.86. The maximum atomic E-state index is 9.75. The minimum atomic E-state index is -0.170. The monoisotopic (exact) mass is 284 g/mol. The van der Waals surface area contributed by atoms with Gasteiger partial charge in [-0.2, -0.15) is 0 Å². The molecule has 2 heterocycles. The highest BCUT2D eigenvalue weighted by Gasteiger charge is 2.37. The van der Waals surface area contributed by atoms with E-state index in [1.165, 1.54) is 19.3 Å². The van der Waals surface area contributed by atoms with Crippen LogP contribution < -0.4 is 5.32 Å². The number of nitrogens with one attached hydrogen (secondary N) is 1. The van der Waals surface area contributed by atoms with Crippen molar-refractivity contribution in [1.29, 1.82) is 0 Å². The lowest BCUT2D eigenvalue weighted by atomic mass is 9.81. The van der Waals surface area contributed by atoms with Crippen LogP contribution >= 0.6 is 0 Å². The Morgan fingerprint density at radius 3 is 2.95 bits per heavy atom. The third-order valence-electron chi connectivity index (χ3n) is 4.88. The van der Waals surface area contributed by atoms with Gasteiger partial charge in [-0.05, 0) is 51.6 Å². The maximum absolute atomic E-state index is 9.75. The van der Waals surface area contributed by atoms with Crippen LogP contribution in [0.1, 0.15) is 39.5 Å². The average Bonchev–Trinajstić information content (AvgIpc) is 2.88. The van der Waals surface area contributed by atoms with Crippen molar-refractivity contribution in [2.45, 2.75) is 45.6 Å². The predicted octanol–water partition coefficient (Wildman–Crippen LogP) is 1.49. The Labute approximate surface area is 123 Å². The topological polar surface area (TPSA) is 44.7 Å². The highest BCUT2D eigenvalue weighted by molar-refractivity contribution is 4.90. The number of ether oxygens (including phenoxy) is 1. The number of nitrogens with zero attached hydrogens (tertiary/aromatic N) is 1. The summed E-state index contributed by atoms with van der Waals surface area (Å²) in [5.41, 5.74) is 0.279. The van der Waals surface area contributed by atoms with Gasteiger partial charge in [0.1, 0.15) is 0 Å². The van der Waals surface area contributed by atoms with E-state index in [-0.39, 0.29) is 11.5 Å². The molecule has 0 spiro atoms. The minimum absolute atomic E-state index is 0.170. The van der Waals surface area contributed by atoms with E-state index in [1.807, 2.05) is 6.92 Å². The molecular weight excluding hydrogens is 252 g/mol. The van der Waals surface area contributed by atoms with Gasteiger partial charge in [0.2, 0.25) is 0 Å². The first-order valence-corrected chi connectivity index (χ1v) is 8.34. The molecule has 0 radical (unpaired) electrons. The van der Waals surface area contributed by atoms with Gasteiger partial charge in [0.25, 0.3) is 0 Å². The molecule has 0 aromatic carbocycles. The summed E-state index contributed by atoms with van der Waals surface area (Å²) in [5, 5.41) is 13.3. The molecule has 2 fully saturated rings. The number of hydrogen-bond acceptors (Lipinski definition) is 4. The second kappa shape index (κ2) is 7.74. The Balaban J connectivity index is 1.87. The van der Waals surface area contributed by atoms with E-state index in [9.17, 15) is 5.11 Å². The minimum Gasteiger partial charge on any atom is -0.393 e. The molecule has 3 unspecified atom stereocenters. The van der Waals surface area contributed by atoms with Crippen molar-refractivity contribution in [3.05, 3.63) is 0 Å². The molecule has 3 atom stereocenters. The number of likely N-dealkylation sites (tertiary alicyclic amines) is 1. The summed E-state index contributed by atoms with van der Waals surface area (Å²) in [6, 6.07) is 0. The van der Waals surface area contributed by atoms with Gasteiger partial charge in [0, 0.05) is 31.7 Å². The fourth-order valence-corrected chi connectivity index (χ4v) is 3.63. The Kier molecular flexibility index (Phi) is 6.27. The number of rotatable bonds is 7. The zero-order valence-corrected chi connectivity index (χ0v) is 13.2. The van der Waals surface area contributed by atoms with Crippen molar-refractivity contribution in [1.82, 2.24) is 10.2 Å². The lowest BCUT2D eigenvalue weighted by Crippen LogP contribution is -2.48. The van der Waals surface area contributed by atoms with Crippen molar-refractivity contribution in [2.75, 3.05) is 45.9 Å². The number of aliphatic hydroxyl groups excluding tert-OH is 1. The Morgan fingerprint density at radius 2 is 2.35 bits per heavy atom. The van der Waals surface area contributed by atoms with E-state index in [2.05, 4.69) is 17.1 Å². The lowest BCUT2D eigenvalue weighted by molar-refractivity contribution is -0.0241. The van der Waals surface area contributed by atoms with Crippen molar-refractivity contribution in [3.8, 4) is 0 Å². The van der Waals surface area contributed by atoms with Gasteiger partial charge in [-0.3, -0.25) is 0 Å². The van der Waals surface area contributed by atoms with Crippen LogP contribution in [0.2, 0.25) is 0 Å². The summed E-state index contributed by atoms with van der Waals surface area (Å²) in [6.07, 6.45) is 4.60. The van der Waals surface area contributed by atoms with Gasteiger partial charge in [-0.25, -0.2) is 0 Å². The van der Waals surface area contributed by atoms with Crippen LogP contribution in [0.25, 0.3) is 0 Å². The summed E-state index contributed by atoms with van der Waals surface area (Å²) in [6.45, 7) is 11.4. The van der Waals surface area contributed by atoms with Gasteiger partial charge >= 0.3 is 0 Å². The van der Waals surface area contributed by atoms with E-state index in [1.54, 1.807) is 0 Å². The van der Waals surface area contributed by atoms with Crippen molar-refractivity contribution >= 4 is 0 Å². The fourth-order valence-electron chi connectivity index (χ4n) is 3.63. The highest BCUT2D eigenvalue weighted by atomic mass is 16.5. The molecule has 0 bridgehead atoms. The van der Waals surface area contributed by atoms with E-state index in [4.69, 9.17) is 4.74 Å². The normalized spacial score (nSPS) is 33.5. The van der Waals surface area contributed by atoms with E-state index >= 15 is 0 Å². The summed E-state index contributed by atoms with van der Waals surface area (Å²) in [5.74, 6) is 0.458. The molecule has 0 aliphatic carbocycles. The summed E-state index contributed by atoms with van der Waals surface area (Å²) >= 11 is 0. The zero-order chi connectivity index (χ0) is 14.4. The number of hydrogen-bond donors (Lipinski definition) is 2. The summed E-state index contributed by atoms with van der Waals surface area (Å²) in [7, 11) is 0. The second-order valence-corrected chi connectivity index (χ2v) is 6.86. The Bertz CT molecular complexity index is 278. The van der Waals surface area contributed by atoms with Crippen molar-refractivity contribution < 1.29 is 9.84 Å². The molecule has 2 N–H and O–H groups in total. The van der Waals surface area contributed by atoms with Gasteiger partial charge in [-0.15, -0.1) is 0 Å². The molecular formula is C16H32N2O2. The number of aliphatic hydroxyl groups is 1. The van der Waals surface area contributed by atoms with Crippen LogP contribution in [-0.2, 0) is 4.74 Å². The molecule has 2 saturated heterocycles. The molecule has 20 heavy (non-hydrogen) atoms. The van der Waals surface area contributed by atoms with E-state index < -0.39 is 0 Å². The van der Waals surface area contributed by atoms with Crippen LogP contribution in [0.5, 0.6) is 0 Å². The van der Waals surface area contributed by atoms with Crippen LogP contribution in [0.4, 0.5) is 0 Å². The van der Waals surface area contributed by atoms with Gasteiger partial charge < -0.3 is 20.1 Å². The first kappa shape index (κ1) is 16.2. The molecule has 2 aliphatic rings. The van der Waals surface area contributed by atoms with Crippen molar-refractivity contribution in [3.63, 3.8) is 0 Å². The van der Waals surface area contributed by atoms with Crippen LogP contribution in [-0.4, -0.2) is 62.0 Å². The third kappa shape index (κ3) is 4.42. The molecule has 2 rings (SSSR count). The predicted molar refractivity (Wildman–Crippen MR) is 81.9 cm³/mol. The fraction of sp³-hybridized carbons (Fsp3) is 1.00. The highest BCUT2D eigenvalue weighted by Crippen LogP contribution is 2.31. The van der Waals surface area contributed by atoms with E-state index in [0.717, 1.165) is 52.4 Å². The lowest BCUT2D eigenvalue weighted by Gasteiger charge is -2.40. The van der Waals surface area contributed by atoms with E-state index in [0.29, 0.717) is 5.92 Å². The van der Waals surface area contributed by atoms with Gasteiger partial charge in [0.15, 0.2) is 0 Å². The standard InChI is InChI=1S/C16H32N2O2/c1-3-7-17-11-16(6-4-9-20-13-16)12-18-8-5-15(10-18)14(2)19/h14-15,17,19H,3-13H2,1-2H3.